The van der Waals surface area contributed by atoms with E-state index in [1.807, 2.05) is 53.0 Å². The molecule has 0 amide bonds. The van der Waals surface area contributed by atoms with Gasteiger partial charge in [0.25, 0.3) is 5.56 Å². The molecular weight excluding hydrogens is 576 g/mol. The number of carbonyl (C=O) groups excluding carboxylic acids is 1. The fraction of sp³-hybridized carbons (Fsp3) is 0.394. The number of aromatic nitrogens is 6. The van der Waals surface area contributed by atoms with Gasteiger partial charge in [-0.2, -0.15) is 10.1 Å². The summed E-state index contributed by atoms with van der Waals surface area (Å²) in [6, 6.07) is 15.5. The van der Waals surface area contributed by atoms with Crippen LogP contribution in [-0.4, -0.2) is 46.7 Å². The third-order valence-corrected chi connectivity index (χ3v) is 8.87. The topological polar surface area (TPSA) is 147 Å². The lowest BCUT2D eigenvalue weighted by Gasteiger charge is -2.36. The zero-order valence-electron chi connectivity index (χ0n) is 25.4. The average Bonchev–Trinajstić information content (AvgIpc) is 3.74. The molecule has 1 spiro atoms. The zero-order valence-corrected chi connectivity index (χ0v) is 25.4. The van der Waals surface area contributed by atoms with E-state index in [1.54, 1.807) is 18.4 Å². The summed E-state index contributed by atoms with van der Waals surface area (Å²) in [7, 11) is 0. The molecule has 4 heterocycles. The molecule has 0 unspecified atom stereocenters. The largest absolute Gasteiger partial charge is 0.439 e. The lowest BCUT2D eigenvalue weighted by molar-refractivity contribution is -0.204. The first-order valence-electron chi connectivity index (χ1n) is 15.3. The highest BCUT2D eigenvalue weighted by Gasteiger charge is 2.54. The fourth-order valence-electron chi connectivity index (χ4n) is 6.70. The number of ether oxygens (including phenoxy) is 2. The second-order valence-corrected chi connectivity index (χ2v) is 12.3. The summed E-state index contributed by atoms with van der Waals surface area (Å²) < 4.78 is 20.1. The van der Waals surface area contributed by atoms with Crippen LogP contribution in [0.4, 0.5) is 0 Å². The van der Waals surface area contributed by atoms with Crippen molar-refractivity contribution in [3.8, 4) is 22.5 Å². The molecule has 3 aromatic heterocycles. The first-order chi connectivity index (χ1) is 21.7. The number of aromatic amines is 1. The van der Waals surface area contributed by atoms with Crippen LogP contribution in [0.15, 0.2) is 69.0 Å². The van der Waals surface area contributed by atoms with Crippen molar-refractivity contribution in [1.82, 2.24) is 29.3 Å². The molecular formula is C33H34N6O6. The Balaban J connectivity index is 1.21. The smallest absolute Gasteiger partial charge is 0.431 e. The number of nitrogens with one attached hydrogen (secondary N) is 1. The van der Waals surface area contributed by atoms with Crippen LogP contribution in [0.25, 0.3) is 28.3 Å². The van der Waals surface area contributed by atoms with Gasteiger partial charge in [0.2, 0.25) is 11.6 Å². The Labute approximate surface area is 258 Å². The Kier molecular flexibility index (Phi) is 7.03. The van der Waals surface area contributed by atoms with Crippen LogP contribution in [0.1, 0.15) is 75.7 Å². The first kappa shape index (κ1) is 28.9. The Morgan fingerprint density at radius 1 is 1.00 bits per heavy atom. The van der Waals surface area contributed by atoms with Crippen molar-refractivity contribution < 1.29 is 18.8 Å². The van der Waals surface area contributed by atoms with E-state index in [9.17, 15) is 14.4 Å². The Morgan fingerprint density at radius 3 is 2.38 bits per heavy atom. The van der Waals surface area contributed by atoms with Gasteiger partial charge in [0, 0.05) is 36.4 Å². The van der Waals surface area contributed by atoms with Gasteiger partial charge in [-0.3, -0.25) is 18.9 Å². The van der Waals surface area contributed by atoms with Gasteiger partial charge >= 0.3 is 11.7 Å². The van der Waals surface area contributed by atoms with Crippen molar-refractivity contribution in [2.24, 2.45) is 0 Å². The van der Waals surface area contributed by atoms with E-state index in [-0.39, 0.29) is 17.6 Å². The second kappa shape index (κ2) is 11.0. The SMILES string of the molecule is CCCc1c(Cc2ccc(-c3ccccc3-c3noc(=O)[nH]3)cc2)c(=O)n(C2CCC3(CC2)OC(=O)C(C)(C)O3)c2ncnn12. The predicted molar refractivity (Wildman–Crippen MR) is 164 cm³/mol. The summed E-state index contributed by atoms with van der Waals surface area (Å²) >= 11 is 0. The molecule has 0 atom stereocenters. The number of hydrogen-bond acceptors (Lipinski definition) is 9. The van der Waals surface area contributed by atoms with Gasteiger partial charge in [0.15, 0.2) is 11.4 Å². The fourth-order valence-corrected chi connectivity index (χ4v) is 6.70. The minimum Gasteiger partial charge on any atom is -0.431 e. The molecule has 0 radical (unpaired) electrons. The van der Waals surface area contributed by atoms with Gasteiger partial charge in [-0.05, 0) is 49.8 Å². The van der Waals surface area contributed by atoms with E-state index in [0.717, 1.165) is 34.4 Å². The lowest BCUT2D eigenvalue weighted by Crippen LogP contribution is -2.40. The van der Waals surface area contributed by atoms with E-state index in [0.29, 0.717) is 55.7 Å². The van der Waals surface area contributed by atoms with Crippen LogP contribution in [0.5, 0.6) is 0 Å². The van der Waals surface area contributed by atoms with Crippen LogP contribution in [-0.2, 0) is 27.1 Å². The molecule has 232 valence electrons. The summed E-state index contributed by atoms with van der Waals surface area (Å²) in [5, 5.41) is 8.40. The minimum atomic E-state index is -0.981. The molecule has 7 rings (SSSR count). The van der Waals surface area contributed by atoms with Crippen LogP contribution in [0.3, 0.4) is 0 Å². The molecule has 2 aromatic carbocycles. The number of rotatable bonds is 7. The number of H-pyrrole nitrogens is 1. The molecule has 1 aliphatic heterocycles. The van der Waals surface area contributed by atoms with Crippen LogP contribution < -0.4 is 11.3 Å². The molecule has 1 N–H and O–H groups in total. The molecule has 2 aliphatic rings. The van der Waals surface area contributed by atoms with Crippen molar-refractivity contribution in [3.63, 3.8) is 0 Å². The van der Waals surface area contributed by atoms with Crippen molar-refractivity contribution in [3.05, 3.63) is 92.6 Å². The summed E-state index contributed by atoms with van der Waals surface area (Å²) in [5.41, 5.74) is 4.04. The van der Waals surface area contributed by atoms with Gasteiger partial charge in [0.1, 0.15) is 6.33 Å². The normalized spacial score (nSPS) is 21.0. The molecule has 0 bridgehead atoms. The Morgan fingerprint density at radius 2 is 1.73 bits per heavy atom. The zero-order chi connectivity index (χ0) is 31.3. The van der Waals surface area contributed by atoms with Crippen LogP contribution >= 0.6 is 0 Å². The van der Waals surface area contributed by atoms with E-state index in [1.165, 1.54) is 6.33 Å². The molecule has 1 saturated carbocycles. The maximum absolute atomic E-state index is 14.4. The van der Waals surface area contributed by atoms with E-state index in [4.69, 9.17) is 14.0 Å². The molecule has 5 aromatic rings. The molecule has 1 aliphatic carbocycles. The monoisotopic (exact) mass is 610 g/mol. The summed E-state index contributed by atoms with van der Waals surface area (Å²) in [4.78, 5) is 45.4. The average molecular weight is 611 g/mol. The van der Waals surface area contributed by atoms with Gasteiger partial charge in [-0.25, -0.2) is 14.1 Å². The number of esters is 1. The third kappa shape index (κ3) is 5.08. The van der Waals surface area contributed by atoms with Gasteiger partial charge in [0.05, 0.1) is 5.69 Å². The first-order valence-corrected chi connectivity index (χ1v) is 15.3. The predicted octanol–water partition coefficient (Wildman–Crippen LogP) is 4.61. The number of aryl methyl sites for hydroxylation is 1. The third-order valence-electron chi connectivity index (χ3n) is 8.87. The van der Waals surface area contributed by atoms with Gasteiger partial charge < -0.3 is 9.47 Å². The van der Waals surface area contributed by atoms with E-state index in [2.05, 4.69) is 27.1 Å². The van der Waals surface area contributed by atoms with Crippen LogP contribution in [0.2, 0.25) is 0 Å². The second-order valence-electron chi connectivity index (χ2n) is 12.3. The van der Waals surface area contributed by atoms with Crippen molar-refractivity contribution >= 4 is 11.7 Å². The van der Waals surface area contributed by atoms with Gasteiger partial charge in [-0.1, -0.05) is 67.0 Å². The van der Waals surface area contributed by atoms with Gasteiger partial charge in [-0.15, -0.1) is 0 Å². The van der Waals surface area contributed by atoms with Crippen molar-refractivity contribution in [2.45, 2.75) is 83.1 Å². The lowest BCUT2D eigenvalue weighted by atomic mass is 9.89. The maximum atomic E-state index is 14.4. The number of carbonyl (C=O) groups is 1. The highest BCUT2D eigenvalue weighted by molar-refractivity contribution is 5.81. The molecule has 45 heavy (non-hydrogen) atoms. The minimum absolute atomic E-state index is 0.0750. The molecule has 2 fully saturated rings. The summed E-state index contributed by atoms with van der Waals surface area (Å²) in [6.07, 6.45) is 5.64. The highest BCUT2D eigenvalue weighted by Crippen LogP contribution is 2.45. The molecule has 12 nitrogen and oxygen atoms in total. The van der Waals surface area contributed by atoms with E-state index >= 15 is 0 Å². The number of nitrogens with zero attached hydrogens (tertiary/aromatic N) is 5. The molecule has 12 heteroatoms. The summed E-state index contributed by atoms with van der Waals surface area (Å²) in [5.74, 6) is -1.03. The highest BCUT2D eigenvalue weighted by atomic mass is 16.8. The number of hydrogen-bond donors (Lipinski definition) is 1. The van der Waals surface area contributed by atoms with Crippen LogP contribution in [0, 0.1) is 0 Å². The number of fused-ring (bicyclic) bond motifs is 1. The number of benzene rings is 2. The quantitative estimate of drug-likeness (QED) is 0.261. The molecule has 1 saturated heterocycles. The summed E-state index contributed by atoms with van der Waals surface area (Å²) in [6.45, 7) is 5.53. The van der Waals surface area contributed by atoms with Crippen molar-refractivity contribution in [1.29, 1.82) is 0 Å². The van der Waals surface area contributed by atoms with Crippen molar-refractivity contribution in [2.75, 3.05) is 0 Å². The Bertz CT molecular complexity index is 2010. The standard InChI is InChI=1S/C33H34N6O6/c1-4-7-26-25(18-20-10-12-21(13-11-20)23-8-5-6-9-24(23)27-36-31(42)44-37-27)28(40)38(30-34-19-35-39(26)30)22-14-16-33(17-15-22)43-29(41)32(2,3)45-33/h5-6,8-13,19,22H,4,7,14-18H2,1-3H3,(H,36,37,42). The maximum Gasteiger partial charge on any atom is 0.439 e. The van der Waals surface area contributed by atoms with E-state index < -0.39 is 17.1 Å². The Hall–Kier alpha value is -4.84.